The Morgan fingerprint density at radius 2 is 2.20 bits per heavy atom. The minimum Gasteiger partial charge on any atom is -0.497 e. The number of benzene rings is 1. The van der Waals surface area contributed by atoms with Crippen LogP contribution in [0.2, 0.25) is 0 Å². The maximum Gasteiger partial charge on any atom is 0.261 e. The van der Waals surface area contributed by atoms with E-state index in [1.165, 1.54) is 16.9 Å². The number of likely N-dealkylation sites (tertiary alicyclic amines) is 1. The zero-order valence-corrected chi connectivity index (χ0v) is 18.0. The average Bonchev–Trinajstić information content (AvgIpc) is 3.33. The molecule has 0 radical (unpaired) electrons. The standard InChI is InChI=1S/C24H27N3O2S/c1-29-20-9-4-7-18(15-20)16-27-13-5-8-19(17-27)23(21-10-2-3-12-25-21)26-24(28)22-11-6-14-30-22/h2-4,6-7,9-12,14-15,19,23H,5,8,13,16-17H2,1H3,(H,26,28)/t19-,23+/m1/s1. The molecule has 1 aromatic carbocycles. The predicted molar refractivity (Wildman–Crippen MR) is 120 cm³/mol. The van der Waals surface area contributed by atoms with Gasteiger partial charge in [0.15, 0.2) is 0 Å². The molecule has 4 rings (SSSR count). The molecule has 1 fully saturated rings. The lowest BCUT2D eigenvalue weighted by molar-refractivity contribution is 0.0879. The molecule has 3 aromatic rings. The van der Waals surface area contributed by atoms with Crippen LogP contribution in [0.25, 0.3) is 0 Å². The molecule has 0 bridgehead atoms. The second-order valence-electron chi connectivity index (χ2n) is 7.67. The van der Waals surface area contributed by atoms with Gasteiger partial charge in [-0.3, -0.25) is 14.7 Å². The Balaban J connectivity index is 1.50. The highest BCUT2D eigenvalue weighted by Gasteiger charge is 2.30. The van der Waals surface area contributed by atoms with Gasteiger partial charge in [-0.1, -0.05) is 24.3 Å². The monoisotopic (exact) mass is 421 g/mol. The van der Waals surface area contributed by atoms with Crippen LogP contribution in [0.1, 0.15) is 39.8 Å². The zero-order valence-electron chi connectivity index (χ0n) is 17.2. The number of nitrogens with zero attached hydrogens (tertiary/aromatic N) is 2. The second kappa shape index (κ2) is 9.87. The Labute approximate surface area is 181 Å². The number of piperidine rings is 1. The molecule has 0 unspecified atom stereocenters. The fraction of sp³-hybridized carbons (Fsp3) is 0.333. The molecule has 5 nitrogen and oxygen atoms in total. The number of aromatic nitrogens is 1. The van der Waals surface area contributed by atoms with E-state index in [4.69, 9.17) is 4.74 Å². The van der Waals surface area contributed by atoms with E-state index in [1.54, 1.807) is 13.3 Å². The van der Waals surface area contributed by atoms with Gasteiger partial charge in [-0.25, -0.2) is 0 Å². The van der Waals surface area contributed by atoms with Gasteiger partial charge < -0.3 is 10.1 Å². The Hall–Kier alpha value is -2.70. The summed E-state index contributed by atoms with van der Waals surface area (Å²) in [6, 6.07) is 17.8. The summed E-state index contributed by atoms with van der Waals surface area (Å²) in [6.07, 6.45) is 3.98. The molecule has 1 aliphatic rings. The average molecular weight is 422 g/mol. The molecule has 156 valence electrons. The number of hydrogen-bond donors (Lipinski definition) is 1. The van der Waals surface area contributed by atoms with E-state index in [2.05, 4.69) is 27.3 Å². The van der Waals surface area contributed by atoms with Crippen molar-refractivity contribution in [2.24, 2.45) is 5.92 Å². The van der Waals surface area contributed by atoms with Gasteiger partial charge in [-0.15, -0.1) is 11.3 Å². The molecule has 1 amide bonds. The van der Waals surface area contributed by atoms with E-state index in [0.29, 0.717) is 5.92 Å². The fourth-order valence-electron chi connectivity index (χ4n) is 4.15. The van der Waals surface area contributed by atoms with Crippen LogP contribution < -0.4 is 10.1 Å². The summed E-state index contributed by atoms with van der Waals surface area (Å²) in [6.45, 7) is 2.85. The first-order chi connectivity index (χ1) is 14.7. The highest BCUT2D eigenvalue weighted by molar-refractivity contribution is 7.12. The van der Waals surface area contributed by atoms with Gasteiger partial charge in [0.25, 0.3) is 5.91 Å². The molecule has 2 atom stereocenters. The molecular formula is C24H27N3O2S. The third-order valence-electron chi connectivity index (χ3n) is 5.59. The molecule has 6 heteroatoms. The number of ether oxygens (including phenoxy) is 1. The Bertz CT molecular complexity index is 946. The van der Waals surface area contributed by atoms with Crippen LogP contribution in [0.5, 0.6) is 5.75 Å². The van der Waals surface area contributed by atoms with Gasteiger partial charge in [0, 0.05) is 19.3 Å². The van der Waals surface area contributed by atoms with Crippen molar-refractivity contribution in [3.05, 3.63) is 82.3 Å². The Kier molecular flexibility index (Phi) is 6.77. The molecule has 0 saturated carbocycles. The highest BCUT2D eigenvalue weighted by atomic mass is 32.1. The van der Waals surface area contributed by atoms with Crippen LogP contribution in [-0.4, -0.2) is 36.0 Å². The highest BCUT2D eigenvalue weighted by Crippen LogP contribution is 2.30. The van der Waals surface area contributed by atoms with E-state index >= 15 is 0 Å². The summed E-state index contributed by atoms with van der Waals surface area (Å²) in [4.78, 5) is 20.6. The topological polar surface area (TPSA) is 54.5 Å². The number of thiophene rings is 1. The van der Waals surface area contributed by atoms with Crippen molar-refractivity contribution >= 4 is 17.2 Å². The van der Waals surface area contributed by atoms with Crippen molar-refractivity contribution < 1.29 is 9.53 Å². The number of carbonyl (C=O) groups is 1. The summed E-state index contributed by atoms with van der Waals surface area (Å²) >= 11 is 1.47. The van der Waals surface area contributed by atoms with Gasteiger partial charge in [-0.2, -0.15) is 0 Å². The van der Waals surface area contributed by atoms with E-state index < -0.39 is 0 Å². The molecule has 1 N–H and O–H groups in total. The number of nitrogens with one attached hydrogen (secondary N) is 1. The van der Waals surface area contributed by atoms with Crippen LogP contribution in [0.15, 0.2) is 66.2 Å². The van der Waals surface area contributed by atoms with Crippen molar-refractivity contribution in [2.75, 3.05) is 20.2 Å². The minimum absolute atomic E-state index is 0.0226. The van der Waals surface area contributed by atoms with E-state index in [9.17, 15) is 4.79 Å². The van der Waals surface area contributed by atoms with Gasteiger partial charge in [0.1, 0.15) is 5.75 Å². The maximum absolute atomic E-state index is 12.8. The van der Waals surface area contributed by atoms with Crippen LogP contribution >= 0.6 is 11.3 Å². The summed E-state index contributed by atoms with van der Waals surface area (Å²) < 4.78 is 5.37. The first-order valence-electron chi connectivity index (χ1n) is 10.3. The van der Waals surface area contributed by atoms with E-state index in [1.807, 2.05) is 47.8 Å². The number of methoxy groups -OCH3 is 1. The third-order valence-corrected chi connectivity index (χ3v) is 6.46. The second-order valence-corrected chi connectivity index (χ2v) is 8.62. The summed E-state index contributed by atoms with van der Waals surface area (Å²) in [5, 5.41) is 5.20. The largest absolute Gasteiger partial charge is 0.497 e. The van der Waals surface area contributed by atoms with Crippen molar-refractivity contribution in [3.8, 4) is 5.75 Å². The number of pyridine rings is 1. The normalized spacial score (nSPS) is 18.0. The van der Waals surface area contributed by atoms with Gasteiger partial charge in [-0.05, 0) is 66.6 Å². The molecule has 0 spiro atoms. The summed E-state index contributed by atoms with van der Waals surface area (Å²) in [5.41, 5.74) is 2.17. The van der Waals surface area contributed by atoms with Crippen LogP contribution in [0, 0.1) is 5.92 Å². The van der Waals surface area contributed by atoms with Gasteiger partial charge >= 0.3 is 0 Å². The molecule has 1 aliphatic heterocycles. The van der Waals surface area contributed by atoms with Crippen molar-refractivity contribution in [1.82, 2.24) is 15.2 Å². The number of amides is 1. The molecule has 0 aliphatic carbocycles. The number of carbonyl (C=O) groups excluding carboxylic acids is 1. The van der Waals surface area contributed by atoms with Crippen LogP contribution in [-0.2, 0) is 6.54 Å². The summed E-state index contributed by atoms with van der Waals surface area (Å²) in [5.74, 6) is 1.17. The zero-order chi connectivity index (χ0) is 20.8. The van der Waals surface area contributed by atoms with Crippen LogP contribution in [0.3, 0.4) is 0 Å². The van der Waals surface area contributed by atoms with E-state index in [-0.39, 0.29) is 11.9 Å². The van der Waals surface area contributed by atoms with Crippen LogP contribution in [0.4, 0.5) is 0 Å². The smallest absolute Gasteiger partial charge is 0.261 e. The molecule has 30 heavy (non-hydrogen) atoms. The fourth-order valence-corrected chi connectivity index (χ4v) is 4.78. The Morgan fingerprint density at radius 3 is 2.97 bits per heavy atom. The quantitative estimate of drug-likeness (QED) is 0.609. The lowest BCUT2D eigenvalue weighted by Gasteiger charge is -2.37. The lowest BCUT2D eigenvalue weighted by atomic mass is 9.88. The number of rotatable bonds is 7. The SMILES string of the molecule is COc1cccc(CN2CCC[C@@H]([C@H](NC(=O)c3cccs3)c3ccccn3)C2)c1. The lowest BCUT2D eigenvalue weighted by Crippen LogP contribution is -2.42. The molecule has 2 aromatic heterocycles. The molecular weight excluding hydrogens is 394 g/mol. The predicted octanol–water partition coefficient (Wildman–Crippen LogP) is 4.54. The number of hydrogen-bond acceptors (Lipinski definition) is 5. The molecule has 3 heterocycles. The van der Waals surface area contributed by atoms with Gasteiger partial charge in [0.05, 0.1) is 23.7 Å². The Morgan fingerprint density at radius 1 is 1.27 bits per heavy atom. The van der Waals surface area contributed by atoms with Crippen molar-refractivity contribution in [2.45, 2.75) is 25.4 Å². The van der Waals surface area contributed by atoms with Crippen molar-refractivity contribution in [3.63, 3.8) is 0 Å². The van der Waals surface area contributed by atoms with Gasteiger partial charge in [0.2, 0.25) is 0 Å². The third kappa shape index (κ3) is 5.07. The summed E-state index contributed by atoms with van der Waals surface area (Å²) in [7, 11) is 1.70. The molecule has 1 saturated heterocycles. The van der Waals surface area contributed by atoms with Crippen molar-refractivity contribution in [1.29, 1.82) is 0 Å². The maximum atomic E-state index is 12.8. The first-order valence-corrected chi connectivity index (χ1v) is 11.2. The first kappa shape index (κ1) is 20.6. The minimum atomic E-state index is -0.103. The van der Waals surface area contributed by atoms with E-state index in [0.717, 1.165) is 48.8 Å².